The van der Waals surface area contributed by atoms with E-state index < -0.39 is 5.82 Å². The summed E-state index contributed by atoms with van der Waals surface area (Å²) in [6, 6.07) is 15.0. The van der Waals surface area contributed by atoms with Gasteiger partial charge in [0.2, 0.25) is 0 Å². The smallest absolute Gasteiger partial charge is 0.144 e. The summed E-state index contributed by atoms with van der Waals surface area (Å²) in [6.07, 6.45) is 2.77. The Morgan fingerprint density at radius 2 is 2.04 bits per heavy atom. The molecule has 2 aromatic rings. The van der Waals surface area contributed by atoms with Crippen molar-refractivity contribution in [2.24, 2.45) is 5.73 Å². The third-order valence-corrected chi connectivity index (χ3v) is 5.44. The largest absolute Gasteiger partial charge is 0.483 e. The standard InChI is InChI=1S/C21H22FN3O/c22-18-8-3-9-20(17(18)12-23)26-21-16-7-2-1-5-14(16)11-19(21)25-10-4-6-15(24)13-25/h1-3,5,7-9,15,19,21H,4,6,10-11,13,24H2/t15-,19-,21?/m1/s1. The first-order chi connectivity index (χ1) is 12.7. The van der Waals surface area contributed by atoms with Crippen molar-refractivity contribution in [1.82, 2.24) is 4.90 Å². The molecule has 2 N–H and O–H groups in total. The van der Waals surface area contributed by atoms with Crippen LogP contribution in [0.5, 0.6) is 5.75 Å². The number of piperidine rings is 1. The maximum absolute atomic E-state index is 14.0. The predicted octanol–water partition coefficient (Wildman–Crippen LogP) is 3.17. The number of hydrogen-bond acceptors (Lipinski definition) is 4. The monoisotopic (exact) mass is 351 g/mol. The lowest BCUT2D eigenvalue weighted by atomic mass is 10.0. The summed E-state index contributed by atoms with van der Waals surface area (Å²) >= 11 is 0. The van der Waals surface area contributed by atoms with Gasteiger partial charge in [0.05, 0.1) is 6.04 Å². The van der Waals surface area contributed by atoms with Gasteiger partial charge in [-0.2, -0.15) is 5.26 Å². The van der Waals surface area contributed by atoms with Crippen molar-refractivity contribution in [2.75, 3.05) is 13.1 Å². The molecular weight excluding hydrogens is 329 g/mol. The Kier molecular flexibility index (Phi) is 4.62. The maximum atomic E-state index is 14.0. The zero-order valence-electron chi connectivity index (χ0n) is 14.6. The van der Waals surface area contributed by atoms with Gasteiger partial charge in [-0.1, -0.05) is 30.3 Å². The zero-order valence-corrected chi connectivity index (χ0v) is 14.6. The van der Waals surface area contributed by atoms with Crippen molar-refractivity contribution in [3.05, 3.63) is 65.0 Å². The van der Waals surface area contributed by atoms with E-state index in [9.17, 15) is 9.65 Å². The van der Waals surface area contributed by atoms with Gasteiger partial charge in [0, 0.05) is 12.6 Å². The predicted molar refractivity (Wildman–Crippen MR) is 97.2 cm³/mol. The average molecular weight is 351 g/mol. The van der Waals surface area contributed by atoms with E-state index in [1.807, 2.05) is 18.2 Å². The molecule has 0 bridgehead atoms. The number of nitrogens with zero attached hydrogens (tertiary/aromatic N) is 2. The van der Waals surface area contributed by atoms with Gasteiger partial charge in [0.1, 0.15) is 29.3 Å². The summed E-state index contributed by atoms with van der Waals surface area (Å²) < 4.78 is 20.3. The molecule has 134 valence electrons. The molecule has 4 nitrogen and oxygen atoms in total. The van der Waals surface area contributed by atoms with Crippen LogP contribution in [0, 0.1) is 17.1 Å². The molecule has 4 rings (SSSR count). The number of ether oxygens (including phenoxy) is 1. The second-order valence-electron chi connectivity index (χ2n) is 7.13. The number of rotatable bonds is 3. The normalized spacial score (nSPS) is 25.5. The second kappa shape index (κ2) is 7.06. The number of fused-ring (bicyclic) bond motifs is 1. The molecule has 1 fully saturated rings. The fraction of sp³-hybridized carbons (Fsp3) is 0.381. The van der Waals surface area contributed by atoms with Crippen LogP contribution in [-0.2, 0) is 6.42 Å². The molecule has 2 aromatic carbocycles. The lowest BCUT2D eigenvalue weighted by Crippen LogP contribution is -2.49. The lowest BCUT2D eigenvalue weighted by Gasteiger charge is -2.38. The van der Waals surface area contributed by atoms with Crippen molar-refractivity contribution < 1.29 is 9.13 Å². The summed E-state index contributed by atoms with van der Waals surface area (Å²) in [7, 11) is 0. The number of nitrogens with two attached hydrogens (primary N) is 1. The highest BCUT2D eigenvalue weighted by Crippen LogP contribution is 2.39. The molecule has 26 heavy (non-hydrogen) atoms. The van der Waals surface area contributed by atoms with Crippen molar-refractivity contribution >= 4 is 0 Å². The fourth-order valence-electron chi connectivity index (χ4n) is 4.19. The van der Waals surface area contributed by atoms with Gasteiger partial charge in [-0.05, 0) is 49.1 Å². The quantitative estimate of drug-likeness (QED) is 0.923. The summed E-state index contributed by atoms with van der Waals surface area (Å²) in [5.41, 5.74) is 8.51. The van der Waals surface area contributed by atoms with E-state index in [1.165, 1.54) is 11.6 Å². The summed E-state index contributed by atoms with van der Waals surface area (Å²) in [4.78, 5) is 2.39. The molecule has 1 saturated heterocycles. The van der Waals surface area contributed by atoms with Gasteiger partial charge in [-0.3, -0.25) is 4.90 Å². The molecule has 0 spiro atoms. The zero-order chi connectivity index (χ0) is 18.1. The molecule has 1 heterocycles. The van der Waals surface area contributed by atoms with E-state index in [1.54, 1.807) is 12.1 Å². The minimum atomic E-state index is -0.548. The van der Waals surface area contributed by atoms with Crippen LogP contribution >= 0.6 is 0 Å². The van der Waals surface area contributed by atoms with Gasteiger partial charge in [0.15, 0.2) is 0 Å². The van der Waals surface area contributed by atoms with Crippen molar-refractivity contribution in [3.8, 4) is 11.8 Å². The van der Waals surface area contributed by atoms with E-state index >= 15 is 0 Å². The maximum Gasteiger partial charge on any atom is 0.144 e. The molecule has 2 aliphatic rings. The molecule has 0 radical (unpaired) electrons. The minimum absolute atomic E-state index is 0.0361. The molecule has 0 saturated carbocycles. The van der Waals surface area contributed by atoms with Crippen LogP contribution in [0.15, 0.2) is 42.5 Å². The highest BCUT2D eigenvalue weighted by atomic mass is 19.1. The van der Waals surface area contributed by atoms with E-state index in [4.69, 9.17) is 10.5 Å². The number of nitriles is 1. The summed E-state index contributed by atoms with van der Waals surface area (Å²) in [5.74, 6) is -0.242. The number of hydrogen-bond donors (Lipinski definition) is 1. The Balaban J connectivity index is 1.68. The summed E-state index contributed by atoms with van der Waals surface area (Å²) in [5, 5.41) is 9.32. The van der Waals surface area contributed by atoms with E-state index in [-0.39, 0.29) is 23.8 Å². The third kappa shape index (κ3) is 3.07. The number of likely N-dealkylation sites (tertiary alicyclic amines) is 1. The van der Waals surface area contributed by atoms with Crippen LogP contribution < -0.4 is 10.5 Å². The van der Waals surface area contributed by atoms with Crippen LogP contribution in [0.25, 0.3) is 0 Å². The molecule has 5 heteroatoms. The molecule has 1 aliphatic heterocycles. The lowest BCUT2D eigenvalue weighted by molar-refractivity contribution is 0.0590. The van der Waals surface area contributed by atoms with Crippen LogP contribution in [0.1, 0.15) is 35.6 Å². The van der Waals surface area contributed by atoms with Crippen LogP contribution in [0.4, 0.5) is 4.39 Å². The van der Waals surface area contributed by atoms with E-state index in [0.717, 1.165) is 37.9 Å². The van der Waals surface area contributed by atoms with Gasteiger partial charge < -0.3 is 10.5 Å². The first-order valence-corrected chi connectivity index (χ1v) is 9.10. The highest BCUT2D eigenvalue weighted by Gasteiger charge is 2.39. The number of halogens is 1. The first kappa shape index (κ1) is 17.0. The Labute approximate surface area is 153 Å². The fourth-order valence-corrected chi connectivity index (χ4v) is 4.19. The molecular formula is C21H22FN3O. The number of benzene rings is 2. The first-order valence-electron chi connectivity index (χ1n) is 9.10. The van der Waals surface area contributed by atoms with Crippen molar-refractivity contribution in [3.63, 3.8) is 0 Å². The Hall–Kier alpha value is -2.42. The summed E-state index contributed by atoms with van der Waals surface area (Å²) in [6.45, 7) is 1.83. The van der Waals surface area contributed by atoms with Gasteiger partial charge in [0.25, 0.3) is 0 Å². The van der Waals surface area contributed by atoms with Crippen LogP contribution in [0.3, 0.4) is 0 Å². The van der Waals surface area contributed by atoms with Crippen molar-refractivity contribution in [1.29, 1.82) is 5.26 Å². The van der Waals surface area contributed by atoms with E-state index in [0.29, 0.717) is 5.75 Å². The molecule has 1 unspecified atom stereocenters. The van der Waals surface area contributed by atoms with Gasteiger partial charge in [-0.15, -0.1) is 0 Å². The van der Waals surface area contributed by atoms with Crippen molar-refractivity contribution in [2.45, 2.75) is 37.5 Å². The highest BCUT2D eigenvalue weighted by molar-refractivity contribution is 5.45. The Morgan fingerprint density at radius 1 is 1.19 bits per heavy atom. The van der Waals surface area contributed by atoms with Crippen LogP contribution in [0.2, 0.25) is 0 Å². The molecule has 1 aliphatic carbocycles. The van der Waals surface area contributed by atoms with Crippen LogP contribution in [-0.4, -0.2) is 30.1 Å². The molecule has 0 amide bonds. The van der Waals surface area contributed by atoms with Gasteiger partial charge in [-0.25, -0.2) is 4.39 Å². The SMILES string of the molecule is N#Cc1c(F)cccc1OC1c2ccccc2C[C@H]1N1CCC[C@@H](N)C1. The third-order valence-electron chi connectivity index (χ3n) is 5.44. The molecule has 3 atom stereocenters. The van der Waals surface area contributed by atoms with Gasteiger partial charge >= 0.3 is 0 Å². The Bertz CT molecular complexity index is 847. The Morgan fingerprint density at radius 3 is 2.85 bits per heavy atom. The topological polar surface area (TPSA) is 62.3 Å². The molecule has 0 aromatic heterocycles. The van der Waals surface area contributed by atoms with E-state index in [2.05, 4.69) is 17.0 Å². The second-order valence-corrected chi connectivity index (χ2v) is 7.13. The minimum Gasteiger partial charge on any atom is -0.483 e. The average Bonchev–Trinajstić information content (AvgIpc) is 3.01.